The molecule has 0 fully saturated rings. The van der Waals surface area contributed by atoms with E-state index in [1.165, 1.54) is 16.7 Å². The molecular weight excluding hydrogens is 270 g/mol. The summed E-state index contributed by atoms with van der Waals surface area (Å²) in [5.41, 5.74) is 8.72. The second-order valence-electron chi connectivity index (χ2n) is 5.47. The summed E-state index contributed by atoms with van der Waals surface area (Å²) in [6.45, 7) is 6.05. The number of hydrogen-bond acceptors (Lipinski definition) is 3. The Bertz CT molecular complexity index is 442. The zero-order valence-electron chi connectivity index (χ0n) is 12.6. The Morgan fingerprint density at radius 2 is 1.90 bits per heavy atom. The number of carbonyl (C=O) groups is 1. The molecule has 0 aliphatic carbocycles. The van der Waals surface area contributed by atoms with Crippen LogP contribution in [-0.4, -0.2) is 22.4 Å². The highest BCUT2D eigenvalue weighted by Gasteiger charge is 2.30. The van der Waals surface area contributed by atoms with Gasteiger partial charge in [0.2, 0.25) is 0 Å². The van der Waals surface area contributed by atoms with Crippen molar-refractivity contribution in [3.05, 3.63) is 34.9 Å². The van der Waals surface area contributed by atoms with Gasteiger partial charge in [-0.25, -0.2) is 0 Å². The van der Waals surface area contributed by atoms with Crippen molar-refractivity contribution in [1.29, 1.82) is 0 Å². The minimum atomic E-state index is -1.06. The van der Waals surface area contributed by atoms with Crippen molar-refractivity contribution >= 4 is 17.7 Å². The fraction of sp³-hybridized carbons (Fsp3) is 0.562. The Morgan fingerprint density at radius 1 is 1.30 bits per heavy atom. The number of carboxylic acid groups (broad SMARTS) is 1. The number of rotatable bonds is 8. The lowest BCUT2D eigenvalue weighted by Crippen LogP contribution is -2.47. The zero-order chi connectivity index (χ0) is 15.2. The summed E-state index contributed by atoms with van der Waals surface area (Å²) in [4.78, 5) is 11.1. The third kappa shape index (κ3) is 5.17. The molecule has 0 aliphatic rings. The predicted octanol–water partition coefficient (Wildman–Crippen LogP) is 3.51. The van der Waals surface area contributed by atoms with Gasteiger partial charge in [0.05, 0.1) is 0 Å². The van der Waals surface area contributed by atoms with E-state index in [0.717, 1.165) is 17.9 Å². The first-order chi connectivity index (χ1) is 9.37. The number of benzene rings is 1. The van der Waals surface area contributed by atoms with E-state index in [1.54, 1.807) is 0 Å². The average Bonchev–Trinajstić information content (AvgIpc) is 2.36. The van der Waals surface area contributed by atoms with Crippen LogP contribution in [0.2, 0.25) is 0 Å². The van der Waals surface area contributed by atoms with Gasteiger partial charge in [-0.1, -0.05) is 36.2 Å². The van der Waals surface area contributed by atoms with Crippen LogP contribution in [0.25, 0.3) is 0 Å². The van der Waals surface area contributed by atoms with E-state index in [2.05, 4.69) is 32.0 Å². The highest BCUT2D eigenvalue weighted by molar-refractivity contribution is 7.98. The standard InChI is InChI=1S/C16H25NO2S/c1-4-16(17,15(18)19)6-5-7-20-11-14-9-12(2)8-13(3)10-14/h8-10H,4-7,11,17H2,1-3H3,(H,18,19). The smallest absolute Gasteiger partial charge is 0.323 e. The fourth-order valence-corrected chi connectivity index (χ4v) is 3.16. The molecule has 1 unspecified atom stereocenters. The molecule has 1 aromatic rings. The molecule has 0 saturated heterocycles. The lowest BCUT2D eigenvalue weighted by atomic mass is 9.92. The highest BCUT2D eigenvalue weighted by atomic mass is 32.2. The molecule has 0 radical (unpaired) electrons. The van der Waals surface area contributed by atoms with Gasteiger partial charge in [0, 0.05) is 5.75 Å². The van der Waals surface area contributed by atoms with Crippen LogP contribution in [0.1, 0.15) is 42.9 Å². The summed E-state index contributed by atoms with van der Waals surface area (Å²) in [5, 5.41) is 9.10. The van der Waals surface area contributed by atoms with Gasteiger partial charge in [0.1, 0.15) is 5.54 Å². The molecule has 3 N–H and O–H groups in total. The first kappa shape index (κ1) is 17.1. The van der Waals surface area contributed by atoms with Crippen LogP contribution in [0.5, 0.6) is 0 Å². The van der Waals surface area contributed by atoms with Gasteiger partial charge in [-0.2, -0.15) is 11.8 Å². The number of hydrogen-bond donors (Lipinski definition) is 2. The summed E-state index contributed by atoms with van der Waals surface area (Å²) < 4.78 is 0. The molecule has 0 amide bonds. The molecule has 1 atom stereocenters. The van der Waals surface area contributed by atoms with Crippen LogP contribution in [0.3, 0.4) is 0 Å². The van der Waals surface area contributed by atoms with Crippen molar-refractivity contribution in [1.82, 2.24) is 0 Å². The third-order valence-electron chi connectivity index (χ3n) is 3.52. The maximum Gasteiger partial charge on any atom is 0.323 e. The molecule has 0 bridgehead atoms. The van der Waals surface area contributed by atoms with E-state index < -0.39 is 11.5 Å². The minimum Gasteiger partial charge on any atom is -0.480 e. The minimum absolute atomic E-state index is 0.476. The first-order valence-corrected chi connectivity index (χ1v) is 8.20. The third-order valence-corrected chi connectivity index (χ3v) is 4.63. The second kappa shape index (κ2) is 7.70. The molecule has 0 aromatic heterocycles. The van der Waals surface area contributed by atoms with Crippen molar-refractivity contribution in [2.75, 3.05) is 5.75 Å². The van der Waals surface area contributed by atoms with Gasteiger partial charge in [-0.3, -0.25) is 4.79 Å². The number of aryl methyl sites for hydroxylation is 2. The number of thioether (sulfide) groups is 1. The Balaban J connectivity index is 2.33. The monoisotopic (exact) mass is 295 g/mol. The molecule has 0 saturated carbocycles. The van der Waals surface area contributed by atoms with Crippen molar-refractivity contribution < 1.29 is 9.90 Å². The Kier molecular flexibility index (Phi) is 6.56. The van der Waals surface area contributed by atoms with E-state index >= 15 is 0 Å². The van der Waals surface area contributed by atoms with Gasteiger partial charge in [-0.05, 0) is 44.4 Å². The average molecular weight is 295 g/mol. The van der Waals surface area contributed by atoms with Gasteiger partial charge in [-0.15, -0.1) is 0 Å². The first-order valence-electron chi connectivity index (χ1n) is 7.04. The van der Waals surface area contributed by atoms with Gasteiger partial charge < -0.3 is 10.8 Å². The maximum atomic E-state index is 11.1. The zero-order valence-corrected chi connectivity index (χ0v) is 13.4. The van der Waals surface area contributed by atoms with E-state index in [9.17, 15) is 4.79 Å². The summed E-state index contributed by atoms with van der Waals surface area (Å²) in [5.74, 6) is 1.03. The fourth-order valence-electron chi connectivity index (χ4n) is 2.27. The largest absolute Gasteiger partial charge is 0.480 e. The van der Waals surface area contributed by atoms with Crippen LogP contribution in [0, 0.1) is 13.8 Å². The summed E-state index contributed by atoms with van der Waals surface area (Å²) in [6.07, 6.45) is 1.86. The number of nitrogens with two attached hydrogens (primary N) is 1. The van der Waals surface area contributed by atoms with Crippen molar-refractivity contribution in [3.8, 4) is 0 Å². The van der Waals surface area contributed by atoms with Gasteiger partial charge >= 0.3 is 5.97 Å². The summed E-state index contributed by atoms with van der Waals surface area (Å²) in [7, 11) is 0. The Morgan fingerprint density at radius 3 is 2.40 bits per heavy atom. The molecule has 3 nitrogen and oxygen atoms in total. The summed E-state index contributed by atoms with van der Waals surface area (Å²) >= 11 is 1.84. The SMILES string of the molecule is CCC(N)(CCCSCc1cc(C)cc(C)c1)C(=O)O. The van der Waals surface area contributed by atoms with Crippen LogP contribution in [-0.2, 0) is 10.5 Å². The molecule has 4 heteroatoms. The Labute approximate surface area is 125 Å². The van der Waals surface area contributed by atoms with Crippen LogP contribution in [0.4, 0.5) is 0 Å². The second-order valence-corrected chi connectivity index (χ2v) is 6.57. The van der Waals surface area contributed by atoms with Crippen molar-refractivity contribution in [2.45, 2.75) is 51.3 Å². The number of aliphatic carboxylic acids is 1. The normalized spacial score (nSPS) is 14.0. The molecule has 1 aromatic carbocycles. The van der Waals surface area contributed by atoms with Crippen LogP contribution < -0.4 is 5.73 Å². The van der Waals surface area contributed by atoms with Crippen LogP contribution in [0.15, 0.2) is 18.2 Å². The molecule has 0 heterocycles. The van der Waals surface area contributed by atoms with Crippen LogP contribution >= 0.6 is 11.8 Å². The van der Waals surface area contributed by atoms with E-state index in [-0.39, 0.29) is 0 Å². The Hall–Kier alpha value is -1.00. The maximum absolute atomic E-state index is 11.1. The molecule has 0 aliphatic heterocycles. The molecular formula is C16H25NO2S. The molecule has 20 heavy (non-hydrogen) atoms. The highest BCUT2D eigenvalue weighted by Crippen LogP contribution is 2.20. The lowest BCUT2D eigenvalue weighted by molar-refractivity contribution is -0.143. The lowest BCUT2D eigenvalue weighted by Gasteiger charge is -2.22. The van der Waals surface area contributed by atoms with Gasteiger partial charge in [0.15, 0.2) is 0 Å². The molecule has 1 rings (SSSR count). The quantitative estimate of drug-likeness (QED) is 0.720. The number of carboxylic acids is 1. The predicted molar refractivity (Wildman–Crippen MR) is 86.2 cm³/mol. The topological polar surface area (TPSA) is 63.3 Å². The van der Waals surface area contributed by atoms with Gasteiger partial charge in [0.25, 0.3) is 0 Å². The van der Waals surface area contributed by atoms with Crippen molar-refractivity contribution in [2.24, 2.45) is 5.73 Å². The molecule has 0 spiro atoms. The molecule has 112 valence electrons. The van der Waals surface area contributed by atoms with E-state index in [0.29, 0.717) is 12.8 Å². The van der Waals surface area contributed by atoms with E-state index in [4.69, 9.17) is 10.8 Å². The van der Waals surface area contributed by atoms with Crippen molar-refractivity contribution in [3.63, 3.8) is 0 Å². The summed E-state index contributed by atoms with van der Waals surface area (Å²) in [6, 6.07) is 6.58. The van der Waals surface area contributed by atoms with E-state index in [1.807, 2.05) is 18.7 Å².